The first kappa shape index (κ1) is 13.5. The van der Waals surface area contributed by atoms with Gasteiger partial charge in [0, 0.05) is 27.7 Å². The summed E-state index contributed by atoms with van der Waals surface area (Å²) >= 11 is 0. The van der Waals surface area contributed by atoms with Crippen LogP contribution in [0, 0.1) is 0 Å². The molecule has 0 radical (unpaired) electrons. The average molecular weight is 241 g/mol. The van der Waals surface area contributed by atoms with Crippen LogP contribution in [-0.2, 0) is 9.59 Å². The highest BCUT2D eigenvalue weighted by molar-refractivity contribution is 6.06. The Balaban J connectivity index is 2.89. The minimum Gasteiger partial charge on any atom is -0.331 e. The molecule has 1 fully saturated rings. The van der Waals surface area contributed by atoms with Crippen LogP contribution < -0.4 is 0 Å². The van der Waals surface area contributed by atoms with Gasteiger partial charge in [-0.15, -0.1) is 0 Å². The molecule has 1 atom stereocenters. The summed E-state index contributed by atoms with van der Waals surface area (Å²) in [6, 6.07) is -0.865. The van der Waals surface area contributed by atoms with E-state index in [4.69, 9.17) is 0 Å². The fourth-order valence-corrected chi connectivity index (χ4v) is 1.86. The quantitative estimate of drug-likeness (QED) is 0.660. The number of rotatable bonds is 3. The highest BCUT2D eigenvalue weighted by Gasteiger charge is 2.41. The zero-order valence-electron chi connectivity index (χ0n) is 10.8. The van der Waals surface area contributed by atoms with Crippen molar-refractivity contribution in [1.29, 1.82) is 0 Å². The third-order valence-electron chi connectivity index (χ3n) is 2.83. The molecule has 4 amide bonds. The smallest absolute Gasteiger partial charge is 0.320 e. The van der Waals surface area contributed by atoms with Gasteiger partial charge in [0.1, 0.15) is 6.04 Å². The Morgan fingerprint density at radius 1 is 1.41 bits per heavy atom. The molecule has 0 aromatic carbocycles. The SMILES string of the molecule is CCCN(C(=O)N(C)C)[C@H]1CC(=O)N(C)C1=O. The van der Waals surface area contributed by atoms with Gasteiger partial charge < -0.3 is 9.80 Å². The van der Waals surface area contributed by atoms with Crippen molar-refractivity contribution in [2.75, 3.05) is 27.7 Å². The predicted molar refractivity (Wildman–Crippen MR) is 62.3 cm³/mol. The van der Waals surface area contributed by atoms with Crippen molar-refractivity contribution in [3.8, 4) is 0 Å². The maximum Gasteiger partial charge on any atom is 0.320 e. The van der Waals surface area contributed by atoms with Crippen LogP contribution in [-0.4, -0.2) is 66.3 Å². The first-order valence-corrected chi connectivity index (χ1v) is 5.68. The molecule has 1 rings (SSSR count). The summed E-state index contributed by atoms with van der Waals surface area (Å²) in [4.78, 5) is 39.2. The molecule has 0 saturated carbocycles. The second kappa shape index (κ2) is 5.16. The van der Waals surface area contributed by atoms with Gasteiger partial charge in [-0.2, -0.15) is 0 Å². The van der Waals surface area contributed by atoms with Gasteiger partial charge in [-0.25, -0.2) is 4.79 Å². The third-order valence-corrected chi connectivity index (χ3v) is 2.83. The van der Waals surface area contributed by atoms with Crippen molar-refractivity contribution in [2.24, 2.45) is 0 Å². The lowest BCUT2D eigenvalue weighted by atomic mass is 10.2. The number of carbonyl (C=O) groups excluding carboxylic acids is 3. The van der Waals surface area contributed by atoms with Crippen molar-refractivity contribution < 1.29 is 14.4 Å². The normalized spacial score (nSPS) is 19.8. The van der Waals surface area contributed by atoms with E-state index in [-0.39, 0.29) is 24.3 Å². The van der Waals surface area contributed by atoms with Crippen molar-refractivity contribution in [3.63, 3.8) is 0 Å². The lowest BCUT2D eigenvalue weighted by Gasteiger charge is -2.29. The van der Waals surface area contributed by atoms with Crippen molar-refractivity contribution in [1.82, 2.24) is 14.7 Å². The van der Waals surface area contributed by atoms with Crippen molar-refractivity contribution in [2.45, 2.75) is 25.8 Å². The van der Waals surface area contributed by atoms with E-state index in [0.717, 1.165) is 11.3 Å². The van der Waals surface area contributed by atoms with Crippen molar-refractivity contribution >= 4 is 17.8 Å². The number of likely N-dealkylation sites (tertiary alicyclic amines) is 1. The van der Waals surface area contributed by atoms with Gasteiger partial charge in [-0.05, 0) is 6.42 Å². The molecule has 6 nitrogen and oxygen atoms in total. The van der Waals surface area contributed by atoms with E-state index in [1.54, 1.807) is 14.1 Å². The molecule has 0 unspecified atom stereocenters. The van der Waals surface area contributed by atoms with E-state index in [9.17, 15) is 14.4 Å². The molecule has 0 aliphatic carbocycles. The molecule has 0 aromatic heterocycles. The van der Waals surface area contributed by atoms with Gasteiger partial charge in [-0.1, -0.05) is 6.92 Å². The van der Waals surface area contributed by atoms with Crippen LogP contribution in [0.2, 0.25) is 0 Å². The van der Waals surface area contributed by atoms with Crippen LogP contribution in [0.1, 0.15) is 19.8 Å². The van der Waals surface area contributed by atoms with Crippen LogP contribution in [0.3, 0.4) is 0 Å². The second-order valence-electron chi connectivity index (χ2n) is 4.38. The predicted octanol–water partition coefficient (Wildman–Crippen LogP) is 0.137. The maximum atomic E-state index is 11.9. The number of hydrogen-bond acceptors (Lipinski definition) is 3. The third kappa shape index (κ3) is 2.57. The molecular formula is C11H19N3O3. The van der Waals surface area contributed by atoms with Crippen LogP contribution in [0.4, 0.5) is 4.79 Å². The first-order chi connectivity index (χ1) is 7.90. The summed E-state index contributed by atoms with van der Waals surface area (Å²) in [7, 11) is 4.72. The first-order valence-electron chi connectivity index (χ1n) is 5.68. The number of nitrogens with zero attached hydrogens (tertiary/aromatic N) is 3. The Kier molecular flexibility index (Phi) is 4.09. The second-order valence-corrected chi connectivity index (χ2v) is 4.38. The Labute approximate surface area is 101 Å². The summed E-state index contributed by atoms with van der Waals surface area (Å²) < 4.78 is 0. The van der Waals surface area contributed by atoms with Crippen LogP contribution in [0.15, 0.2) is 0 Å². The molecule has 0 bridgehead atoms. The number of hydrogen-bond donors (Lipinski definition) is 0. The molecule has 1 heterocycles. The lowest BCUT2D eigenvalue weighted by molar-refractivity contribution is -0.137. The molecule has 6 heteroatoms. The fourth-order valence-electron chi connectivity index (χ4n) is 1.86. The van der Waals surface area contributed by atoms with E-state index in [1.807, 2.05) is 6.92 Å². The van der Waals surface area contributed by atoms with Crippen molar-refractivity contribution in [3.05, 3.63) is 0 Å². The summed E-state index contributed by atoms with van der Waals surface area (Å²) in [5.41, 5.74) is 0. The largest absolute Gasteiger partial charge is 0.331 e. The van der Waals surface area contributed by atoms with Gasteiger partial charge in [0.25, 0.3) is 5.91 Å². The molecule has 96 valence electrons. The Hall–Kier alpha value is -1.59. The number of likely N-dealkylation sites (N-methyl/N-ethyl adjacent to an activating group) is 1. The molecule has 17 heavy (non-hydrogen) atoms. The van der Waals surface area contributed by atoms with Gasteiger partial charge in [0.05, 0.1) is 6.42 Å². The van der Waals surface area contributed by atoms with Crippen LogP contribution >= 0.6 is 0 Å². The highest BCUT2D eigenvalue weighted by atomic mass is 16.2. The topological polar surface area (TPSA) is 60.9 Å². The molecule has 0 N–H and O–H groups in total. The lowest BCUT2D eigenvalue weighted by Crippen LogP contribution is -2.49. The number of urea groups is 1. The van der Waals surface area contributed by atoms with Gasteiger partial charge in [0.2, 0.25) is 5.91 Å². The Bertz CT molecular complexity index is 341. The zero-order valence-corrected chi connectivity index (χ0v) is 10.8. The number of carbonyl (C=O) groups is 3. The summed E-state index contributed by atoms with van der Waals surface area (Å²) in [5.74, 6) is -0.522. The average Bonchev–Trinajstić information content (AvgIpc) is 2.53. The van der Waals surface area contributed by atoms with Crippen LogP contribution in [0.25, 0.3) is 0 Å². The summed E-state index contributed by atoms with van der Waals surface area (Å²) in [5, 5.41) is 0. The van der Waals surface area contributed by atoms with Gasteiger partial charge >= 0.3 is 6.03 Å². The molecule has 0 aromatic rings. The van der Waals surface area contributed by atoms with E-state index in [0.29, 0.717) is 6.54 Å². The number of imide groups is 1. The minimum atomic E-state index is -0.637. The van der Waals surface area contributed by atoms with E-state index < -0.39 is 6.04 Å². The molecule has 1 aliphatic rings. The molecule has 1 saturated heterocycles. The number of amides is 4. The van der Waals surface area contributed by atoms with Crippen LogP contribution in [0.5, 0.6) is 0 Å². The molecule has 0 spiro atoms. The summed E-state index contributed by atoms with van der Waals surface area (Å²) in [6.45, 7) is 2.41. The van der Waals surface area contributed by atoms with E-state index in [1.165, 1.54) is 16.8 Å². The maximum absolute atomic E-state index is 11.9. The summed E-state index contributed by atoms with van der Waals surface area (Å²) in [6.07, 6.45) is 0.843. The Morgan fingerprint density at radius 2 is 2.00 bits per heavy atom. The minimum absolute atomic E-state index is 0.0922. The van der Waals surface area contributed by atoms with E-state index in [2.05, 4.69) is 0 Å². The van der Waals surface area contributed by atoms with E-state index >= 15 is 0 Å². The zero-order chi connectivity index (χ0) is 13.2. The molecular weight excluding hydrogens is 222 g/mol. The van der Waals surface area contributed by atoms with Gasteiger partial charge in [0.15, 0.2) is 0 Å². The molecule has 1 aliphatic heterocycles. The highest BCUT2D eigenvalue weighted by Crippen LogP contribution is 2.18. The fraction of sp³-hybridized carbons (Fsp3) is 0.727. The Morgan fingerprint density at radius 3 is 2.35 bits per heavy atom. The van der Waals surface area contributed by atoms with Gasteiger partial charge in [-0.3, -0.25) is 14.5 Å². The monoisotopic (exact) mass is 241 g/mol. The standard InChI is InChI=1S/C11H19N3O3/c1-5-6-14(11(17)12(2)3)8-7-9(15)13(4)10(8)16/h8H,5-7H2,1-4H3/t8-/m0/s1.